The van der Waals surface area contributed by atoms with Gasteiger partial charge >= 0.3 is 0 Å². The number of nitrogens with two attached hydrogens (primary N) is 1. The van der Waals surface area contributed by atoms with Crippen LogP contribution in [-0.4, -0.2) is 35.2 Å². The zero-order valence-electron chi connectivity index (χ0n) is 13.7. The van der Waals surface area contributed by atoms with Gasteiger partial charge in [0.1, 0.15) is 0 Å². The molecule has 2 rings (SSSR count). The Bertz CT molecular complexity index is 741. The van der Waals surface area contributed by atoms with Crippen LogP contribution in [0.3, 0.4) is 0 Å². The Morgan fingerprint density at radius 1 is 1.17 bits per heavy atom. The summed E-state index contributed by atoms with van der Waals surface area (Å²) >= 11 is 0. The van der Waals surface area contributed by atoms with E-state index in [9.17, 15) is 16.8 Å². The Labute approximate surface area is 144 Å². The van der Waals surface area contributed by atoms with Gasteiger partial charge in [0.05, 0.1) is 10.6 Å². The Kier molecular flexibility index (Phi) is 6.24. The maximum Gasteiger partial charge on any atom is 0.240 e. The van der Waals surface area contributed by atoms with E-state index in [0.717, 1.165) is 19.3 Å². The Morgan fingerprint density at radius 2 is 1.79 bits per heavy atom. The van der Waals surface area contributed by atoms with Crippen molar-refractivity contribution in [2.24, 2.45) is 11.7 Å². The highest BCUT2D eigenvalue weighted by Gasteiger charge is 2.33. The van der Waals surface area contributed by atoms with Crippen LogP contribution in [0.4, 0.5) is 5.69 Å². The first kappa shape index (κ1) is 19.2. The van der Waals surface area contributed by atoms with E-state index in [1.54, 1.807) is 0 Å². The second-order valence-electron chi connectivity index (χ2n) is 6.10. The molecule has 0 radical (unpaired) electrons. The largest absolute Gasteiger partial charge is 0.329 e. The molecule has 0 aromatic heterocycles. The predicted octanol–water partition coefficient (Wildman–Crippen LogP) is 1.24. The topological polar surface area (TPSA) is 118 Å². The van der Waals surface area contributed by atoms with E-state index in [-0.39, 0.29) is 23.2 Å². The molecule has 24 heavy (non-hydrogen) atoms. The van der Waals surface area contributed by atoms with Gasteiger partial charge < -0.3 is 5.73 Å². The van der Waals surface area contributed by atoms with Crippen molar-refractivity contribution in [3.05, 3.63) is 24.3 Å². The van der Waals surface area contributed by atoms with E-state index in [1.165, 1.54) is 24.3 Å². The van der Waals surface area contributed by atoms with Crippen molar-refractivity contribution < 1.29 is 16.8 Å². The minimum Gasteiger partial charge on any atom is -0.329 e. The smallest absolute Gasteiger partial charge is 0.240 e. The summed E-state index contributed by atoms with van der Waals surface area (Å²) < 4.78 is 53.5. The SMILES string of the molecule is CCCCS(=O)(=O)Nc1ccc(S(=O)(=O)NC(CN)C2CC2)cc1. The minimum absolute atomic E-state index is 0.0463. The lowest BCUT2D eigenvalue weighted by Crippen LogP contribution is -2.41. The zero-order valence-corrected chi connectivity index (χ0v) is 15.4. The second-order valence-corrected chi connectivity index (χ2v) is 9.66. The number of nitrogens with one attached hydrogen (secondary N) is 2. The highest BCUT2D eigenvalue weighted by molar-refractivity contribution is 7.92. The van der Waals surface area contributed by atoms with Gasteiger partial charge in [0.25, 0.3) is 0 Å². The molecular weight excluding hydrogens is 350 g/mol. The van der Waals surface area contributed by atoms with Gasteiger partial charge in [-0.1, -0.05) is 13.3 Å². The van der Waals surface area contributed by atoms with Gasteiger partial charge in [-0.15, -0.1) is 0 Å². The fourth-order valence-corrected chi connectivity index (χ4v) is 4.95. The summed E-state index contributed by atoms with van der Waals surface area (Å²) in [6, 6.07) is 5.43. The fraction of sp³-hybridized carbons (Fsp3) is 0.600. The van der Waals surface area contributed by atoms with E-state index < -0.39 is 20.0 Å². The molecule has 0 spiro atoms. The van der Waals surface area contributed by atoms with Gasteiger partial charge in [0, 0.05) is 18.3 Å². The predicted molar refractivity (Wildman–Crippen MR) is 94.6 cm³/mol. The van der Waals surface area contributed by atoms with Crippen LogP contribution in [0, 0.1) is 5.92 Å². The van der Waals surface area contributed by atoms with Gasteiger partial charge in [-0.2, -0.15) is 0 Å². The number of benzene rings is 1. The van der Waals surface area contributed by atoms with Gasteiger partial charge in [-0.3, -0.25) is 4.72 Å². The summed E-state index contributed by atoms with van der Waals surface area (Å²) in [7, 11) is -7.06. The molecule has 1 aromatic rings. The molecule has 0 bridgehead atoms. The monoisotopic (exact) mass is 375 g/mol. The van der Waals surface area contributed by atoms with Gasteiger partial charge in [0.2, 0.25) is 20.0 Å². The van der Waals surface area contributed by atoms with Gasteiger partial charge in [-0.25, -0.2) is 21.6 Å². The van der Waals surface area contributed by atoms with Crippen molar-refractivity contribution in [1.82, 2.24) is 4.72 Å². The summed E-state index contributed by atoms with van der Waals surface area (Å²) in [6.07, 6.45) is 3.34. The molecule has 1 unspecified atom stereocenters. The molecule has 9 heteroatoms. The summed E-state index contributed by atoms with van der Waals surface area (Å²) in [6.45, 7) is 2.18. The van der Waals surface area contributed by atoms with Crippen LogP contribution < -0.4 is 15.2 Å². The van der Waals surface area contributed by atoms with E-state index in [0.29, 0.717) is 18.0 Å². The Balaban J connectivity index is 2.05. The zero-order chi connectivity index (χ0) is 17.8. The Hall–Kier alpha value is -1.16. The number of hydrogen-bond acceptors (Lipinski definition) is 5. The first-order valence-corrected chi connectivity index (χ1v) is 11.2. The molecule has 136 valence electrons. The molecule has 1 atom stereocenters. The maximum atomic E-state index is 12.4. The third kappa shape index (κ3) is 5.44. The van der Waals surface area contributed by atoms with E-state index in [2.05, 4.69) is 9.44 Å². The van der Waals surface area contributed by atoms with Gasteiger partial charge in [-0.05, 0) is 49.4 Å². The number of sulfonamides is 2. The van der Waals surface area contributed by atoms with Gasteiger partial charge in [0.15, 0.2) is 0 Å². The average Bonchev–Trinajstić information content (AvgIpc) is 3.36. The maximum absolute atomic E-state index is 12.4. The van der Waals surface area contributed by atoms with Crippen LogP contribution in [0.5, 0.6) is 0 Å². The van der Waals surface area contributed by atoms with Crippen LogP contribution in [0.1, 0.15) is 32.6 Å². The third-order valence-electron chi connectivity index (χ3n) is 3.96. The van der Waals surface area contributed by atoms with E-state index in [1.807, 2.05) is 6.92 Å². The highest BCUT2D eigenvalue weighted by atomic mass is 32.2. The molecule has 0 saturated heterocycles. The van der Waals surface area contributed by atoms with Crippen molar-refractivity contribution >= 4 is 25.7 Å². The summed E-state index contributed by atoms with van der Waals surface area (Å²) in [4.78, 5) is 0.0955. The van der Waals surface area contributed by atoms with Crippen molar-refractivity contribution in [2.75, 3.05) is 17.0 Å². The standard InChI is InChI=1S/C15H25N3O4S2/c1-2-3-10-23(19,20)17-13-6-8-14(9-7-13)24(21,22)18-15(11-16)12-4-5-12/h6-9,12,15,17-18H,2-5,10-11,16H2,1H3. The lowest BCUT2D eigenvalue weighted by Gasteiger charge is -2.16. The van der Waals surface area contributed by atoms with Crippen molar-refractivity contribution in [1.29, 1.82) is 0 Å². The van der Waals surface area contributed by atoms with Crippen LogP contribution in [-0.2, 0) is 20.0 Å². The van der Waals surface area contributed by atoms with Crippen molar-refractivity contribution in [3.8, 4) is 0 Å². The fourth-order valence-electron chi connectivity index (χ4n) is 2.37. The third-order valence-corrected chi connectivity index (χ3v) is 6.83. The molecular formula is C15H25N3O4S2. The van der Waals surface area contributed by atoms with Crippen molar-refractivity contribution in [3.63, 3.8) is 0 Å². The molecule has 1 aromatic carbocycles. The number of anilines is 1. The normalized spacial score (nSPS) is 16.8. The van der Waals surface area contributed by atoms with Crippen LogP contribution >= 0.6 is 0 Å². The molecule has 0 amide bonds. The summed E-state index contributed by atoms with van der Waals surface area (Å²) in [5.41, 5.74) is 5.98. The molecule has 7 nitrogen and oxygen atoms in total. The van der Waals surface area contributed by atoms with Crippen LogP contribution in [0.25, 0.3) is 0 Å². The lowest BCUT2D eigenvalue weighted by molar-refractivity contribution is 0.519. The van der Waals surface area contributed by atoms with E-state index in [4.69, 9.17) is 5.73 Å². The number of unbranched alkanes of at least 4 members (excludes halogenated alkanes) is 1. The first-order chi connectivity index (χ1) is 11.3. The average molecular weight is 376 g/mol. The minimum atomic E-state index is -3.66. The van der Waals surface area contributed by atoms with Crippen LogP contribution in [0.15, 0.2) is 29.2 Å². The molecule has 1 aliphatic carbocycles. The summed E-state index contributed by atoms with van der Waals surface area (Å²) in [5.74, 6) is 0.361. The van der Waals surface area contributed by atoms with Crippen LogP contribution in [0.2, 0.25) is 0 Å². The lowest BCUT2D eigenvalue weighted by atomic mass is 10.2. The Morgan fingerprint density at radius 3 is 2.29 bits per heavy atom. The quantitative estimate of drug-likeness (QED) is 0.569. The molecule has 0 heterocycles. The molecule has 1 aliphatic rings. The summed E-state index contributed by atoms with van der Waals surface area (Å²) in [5, 5.41) is 0. The molecule has 1 fully saturated rings. The second kappa shape index (κ2) is 7.81. The highest BCUT2D eigenvalue weighted by Crippen LogP contribution is 2.32. The van der Waals surface area contributed by atoms with E-state index >= 15 is 0 Å². The molecule has 1 saturated carbocycles. The van der Waals surface area contributed by atoms with Crippen molar-refractivity contribution in [2.45, 2.75) is 43.5 Å². The molecule has 0 aliphatic heterocycles. The molecule has 4 N–H and O–H groups in total. The number of rotatable bonds is 10. The first-order valence-electron chi connectivity index (χ1n) is 8.10. The number of hydrogen-bond donors (Lipinski definition) is 3.